The van der Waals surface area contributed by atoms with Crippen molar-refractivity contribution in [3.8, 4) is 11.8 Å². The Morgan fingerprint density at radius 3 is 2.71 bits per heavy atom. The van der Waals surface area contributed by atoms with Crippen molar-refractivity contribution >= 4 is 22.5 Å². The molecule has 0 aliphatic carbocycles. The molecule has 5 rings (SSSR count). The van der Waals surface area contributed by atoms with E-state index in [0.717, 1.165) is 25.0 Å². The lowest BCUT2D eigenvalue weighted by molar-refractivity contribution is -0.139. The van der Waals surface area contributed by atoms with Crippen LogP contribution in [0.4, 0.5) is 24.8 Å². The first-order valence-corrected chi connectivity index (χ1v) is 10.9. The van der Waals surface area contributed by atoms with E-state index in [2.05, 4.69) is 25.2 Å². The summed E-state index contributed by atoms with van der Waals surface area (Å²) in [5.41, 5.74) is 0.103. The highest BCUT2D eigenvalue weighted by atomic mass is 19.4. The molecule has 34 heavy (non-hydrogen) atoms. The van der Waals surface area contributed by atoms with Crippen LogP contribution in [0.1, 0.15) is 31.0 Å². The molecule has 0 saturated carbocycles. The number of hydrogen-bond acceptors (Lipinski definition) is 8. The number of aromatic nitrogens is 3. The van der Waals surface area contributed by atoms with Gasteiger partial charge in [-0.15, -0.1) is 0 Å². The Labute approximate surface area is 194 Å². The van der Waals surface area contributed by atoms with Crippen LogP contribution in [-0.4, -0.2) is 54.0 Å². The standard InChI is InChI=1S/C23H24F3N5O3/c1-12-11-33-20-15(5-4-6-17(20)23(24,25)26)13(2)28-21-16-7-19(31-9-14(10-31)32-3)27-8-18(16)29-22(30-21)34-12/h4-8,12-14H,9-11H2,1-3H3,(H,28,29,30)/t12-,13-/m1/s1. The number of pyridine rings is 1. The first kappa shape index (κ1) is 22.5. The van der Waals surface area contributed by atoms with Gasteiger partial charge in [0.15, 0.2) is 0 Å². The maximum atomic E-state index is 13.7. The molecule has 4 heterocycles. The van der Waals surface area contributed by atoms with Gasteiger partial charge in [-0.05, 0) is 26.0 Å². The van der Waals surface area contributed by atoms with Gasteiger partial charge in [-0.1, -0.05) is 12.1 Å². The molecule has 2 aromatic heterocycles. The second-order valence-electron chi connectivity index (χ2n) is 8.50. The van der Waals surface area contributed by atoms with Crippen molar-refractivity contribution in [2.75, 3.05) is 37.0 Å². The molecule has 1 N–H and O–H groups in total. The predicted octanol–water partition coefficient (Wildman–Crippen LogP) is 4.21. The Hall–Kier alpha value is -3.34. The number of alkyl halides is 3. The molecule has 2 bridgehead atoms. The summed E-state index contributed by atoms with van der Waals surface area (Å²) in [6, 6.07) is 5.43. The zero-order valence-corrected chi connectivity index (χ0v) is 18.9. The summed E-state index contributed by atoms with van der Waals surface area (Å²) < 4.78 is 58.0. The van der Waals surface area contributed by atoms with Crippen LogP contribution in [0.2, 0.25) is 0 Å². The molecule has 11 heteroatoms. The van der Waals surface area contributed by atoms with Crippen molar-refractivity contribution in [1.29, 1.82) is 0 Å². The number of halogens is 3. The lowest BCUT2D eigenvalue weighted by Crippen LogP contribution is -2.52. The van der Waals surface area contributed by atoms with E-state index in [4.69, 9.17) is 14.2 Å². The van der Waals surface area contributed by atoms with Gasteiger partial charge in [0, 0.05) is 31.1 Å². The maximum Gasteiger partial charge on any atom is 0.419 e. The molecule has 2 atom stereocenters. The molecular formula is C23H24F3N5O3. The van der Waals surface area contributed by atoms with Gasteiger partial charge in [0.2, 0.25) is 0 Å². The molecule has 2 aliphatic rings. The first-order chi connectivity index (χ1) is 16.2. The lowest BCUT2D eigenvalue weighted by Gasteiger charge is -2.39. The molecule has 1 fully saturated rings. The van der Waals surface area contributed by atoms with Crippen LogP contribution >= 0.6 is 0 Å². The average Bonchev–Trinajstić information content (AvgIpc) is 2.77. The van der Waals surface area contributed by atoms with Crippen molar-refractivity contribution in [2.45, 2.75) is 38.3 Å². The van der Waals surface area contributed by atoms with E-state index >= 15 is 0 Å². The minimum Gasteiger partial charge on any atom is -0.489 e. The zero-order valence-electron chi connectivity index (χ0n) is 18.9. The number of methoxy groups -OCH3 is 1. The summed E-state index contributed by atoms with van der Waals surface area (Å²) in [6.45, 7) is 4.79. The van der Waals surface area contributed by atoms with Crippen molar-refractivity contribution in [1.82, 2.24) is 15.0 Å². The molecule has 0 radical (unpaired) electrons. The van der Waals surface area contributed by atoms with Crippen LogP contribution in [0.15, 0.2) is 30.5 Å². The smallest absolute Gasteiger partial charge is 0.419 e. The lowest BCUT2D eigenvalue weighted by atomic mass is 10.0. The topological polar surface area (TPSA) is 81.6 Å². The van der Waals surface area contributed by atoms with Crippen molar-refractivity contribution in [3.63, 3.8) is 0 Å². The molecule has 180 valence electrons. The summed E-state index contributed by atoms with van der Waals surface area (Å²) in [4.78, 5) is 15.6. The van der Waals surface area contributed by atoms with Gasteiger partial charge in [0.05, 0.1) is 29.4 Å². The third kappa shape index (κ3) is 4.15. The fourth-order valence-corrected chi connectivity index (χ4v) is 4.09. The quantitative estimate of drug-likeness (QED) is 0.591. The summed E-state index contributed by atoms with van der Waals surface area (Å²) in [5, 5.41) is 3.93. The molecule has 1 saturated heterocycles. The third-order valence-corrected chi connectivity index (χ3v) is 5.99. The number of nitrogens with one attached hydrogen (secondary N) is 1. The average molecular weight is 475 g/mol. The van der Waals surface area contributed by atoms with E-state index in [1.54, 1.807) is 33.2 Å². The zero-order chi connectivity index (χ0) is 24.0. The molecule has 0 amide bonds. The monoisotopic (exact) mass is 475 g/mol. The van der Waals surface area contributed by atoms with E-state index in [-0.39, 0.29) is 24.5 Å². The number of benzene rings is 1. The van der Waals surface area contributed by atoms with Gasteiger partial charge in [-0.25, -0.2) is 4.98 Å². The number of rotatable bonds is 2. The normalized spacial score (nSPS) is 20.9. The Balaban J connectivity index is 1.59. The Morgan fingerprint density at radius 1 is 1.18 bits per heavy atom. The summed E-state index contributed by atoms with van der Waals surface area (Å²) in [7, 11) is 1.67. The fraction of sp³-hybridized carbons (Fsp3) is 0.435. The van der Waals surface area contributed by atoms with Crippen LogP contribution in [0.25, 0.3) is 10.9 Å². The first-order valence-electron chi connectivity index (χ1n) is 10.9. The van der Waals surface area contributed by atoms with Gasteiger partial charge in [-0.3, -0.25) is 0 Å². The Kier molecular flexibility index (Phi) is 5.59. The third-order valence-electron chi connectivity index (χ3n) is 5.99. The molecule has 8 nitrogen and oxygen atoms in total. The number of para-hydroxylation sites is 1. The Bertz CT molecular complexity index is 1220. The van der Waals surface area contributed by atoms with Crippen LogP contribution in [0.5, 0.6) is 11.8 Å². The van der Waals surface area contributed by atoms with Gasteiger partial charge in [0.25, 0.3) is 0 Å². The highest BCUT2D eigenvalue weighted by molar-refractivity contribution is 5.91. The van der Waals surface area contributed by atoms with Gasteiger partial charge >= 0.3 is 12.2 Å². The number of ether oxygens (including phenoxy) is 3. The molecule has 1 aromatic carbocycles. The number of fused-ring (bicyclic) bond motifs is 5. The molecule has 0 unspecified atom stereocenters. The van der Waals surface area contributed by atoms with E-state index in [1.165, 1.54) is 6.07 Å². The molecule has 0 spiro atoms. The van der Waals surface area contributed by atoms with Crippen molar-refractivity contribution in [3.05, 3.63) is 41.6 Å². The van der Waals surface area contributed by atoms with E-state index in [9.17, 15) is 13.2 Å². The van der Waals surface area contributed by atoms with Crippen molar-refractivity contribution < 1.29 is 27.4 Å². The summed E-state index contributed by atoms with van der Waals surface area (Å²) in [6.07, 6.45) is -3.35. The van der Waals surface area contributed by atoms with Gasteiger partial charge in [0.1, 0.15) is 30.1 Å². The summed E-state index contributed by atoms with van der Waals surface area (Å²) in [5.74, 6) is 0.971. The maximum absolute atomic E-state index is 13.7. The highest BCUT2D eigenvalue weighted by Crippen LogP contribution is 2.41. The second-order valence-corrected chi connectivity index (χ2v) is 8.50. The molecular weight excluding hydrogens is 451 g/mol. The fourth-order valence-electron chi connectivity index (χ4n) is 4.09. The molecule has 3 aromatic rings. The number of nitrogens with zero attached hydrogens (tertiary/aromatic N) is 4. The van der Waals surface area contributed by atoms with E-state index in [0.29, 0.717) is 22.3 Å². The second kappa shape index (κ2) is 8.46. The minimum atomic E-state index is -4.56. The largest absolute Gasteiger partial charge is 0.489 e. The van der Waals surface area contributed by atoms with E-state index < -0.39 is 23.9 Å². The SMILES string of the molecule is COC1CN(c2cc3c4nc(nc3cn2)O[C@H](C)COc2c(cccc2C(F)(F)F)[C@@H](C)N4)C1. The number of hydrogen-bond donors (Lipinski definition) is 1. The van der Waals surface area contributed by atoms with Crippen LogP contribution in [0.3, 0.4) is 0 Å². The molecule has 2 aliphatic heterocycles. The van der Waals surface area contributed by atoms with Gasteiger partial charge in [-0.2, -0.15) is 23.1 Å². The minimum absolute atomic E-state index is 0.0956. The van der Waals surface area contributed by atoms with Crippen LogP contribution in [-0.2, 0) is 10.9 Å². The Morgan fingerprint density at radius 2 is 1.97 bits per heavy atom. The summed E-state index contributed by atoms with van der Waals surface area (Å²) >= 11 is 0. The van der Waals surface area contributed by atoms with Gasteiger partial charge < -0.3 is 24.4 Å². The predicted molar refractivity (Wildman–Crippen MR) is 119 cm³/mol. The number of anilines is 2. The van der Waals surface area contributed by atoms with Crippen LogP contribution in [0, 0.1) is 0 Å². The highest BCUT2D eigenvalue weighted by Gasteiger charge is 2.36. The van der Waals surface area contributed by atoms with Crippen LogP contribution < -0.4 is 19.7 Å². The van der Waals surface area contributed by atoms with Crippen molar-refractivity contribution in [2.24, 2.45) is 0 Å². The van der Waals surface area contributed by atoms with E-state index in [1.807, 2.05) is 6.07 Å².